The fourth-order valence-corrected chi connectivity index (χ4v) is 2.54. The van der Waals surface area contributed by atoms with Crippen LogP contribution in [0, 0.1) is 5.82 Å². The number of rotatable bonds is 8. The van der Waals surface area contributed by atoms with E-state index >= 15 is 0 Å². The van der Waals surface area contributed by atoms with Crippen molar-refractivity contribution in [3.05, 3.63) is 30.1 Å². The molecule has 1 rings (SSSR count). The van der Waals surface area contributed by atoms with E-state index in [2.05, 4.69) is 53.5 Å². The average Bonchev–Trinajstić information content (AvgIpc) is 2.55. The summed E-state index contributed by atoms with van der Waals surface area (Å²) >= 11 is 0. The number of nitrogens with zero attached hydrogens (tertiary/aromatic N) is 2. The second kappa shape index (κ2) is 12.9. The molecule has 0 heterocycles. The Morgan fingerprint density at radius 3 is 2.19 bits per heavy atom. The van der Waals surface area contributed by atoms with Gasteiger partial charge >= 0.3 is 0 Å². The van der Waals surface area contributed by atoms with Gasteiger partial charge in [0.2, 0.25) is 5.91 Å². The molecule has 0 atom stereocenters. The molecule has 0 radical (unpaired) electrons. The summed E-state index contributed by atoms with van der Waals surface area (Å²) in [5.41, 5.74) is 0.556. The SMILES string of the molecule is CN=C(NCCN(C(C)C)C(C)C)NCC(=O)Nc1ccc(F)cc1.I. The summed E-state index contributed by atoms with van der Waals surface area (Å²) in [6.45, 7) is 10.4. The van der Waals surface area contributed by atoms with Gasteiger partial charge in [0.05, 0.1) is 6.54 Å². The number of hydrogen-bond acceptors (Lipinski definition) is 3. The lowest BCUT2D eigenvalue weighted by Gasteiger charge is -2.30. The quantitative estimate of drug-likeness (QED) is 0.305. The number of carbonyl (C=O) groups is 1. The van der Waals surface area contributed by atoms with Crippen molar-refractivity contribution >= 4 is 41.5 Å². The summed E-state index contributed by atoms with van der Waals surface area (Å²) in [7, 11) is 1.66. The molecule has 148 valence electrons. The van der Waals surface area contributed by atoms with E-state index in [9.17, 15) is 9.18 Å². The number of nitrogens with one attached hydrogen (secondary N) is 3. The summed E-state index contributed by atoms with van der Waals surface area (Å²) in [6.07, 6.45) is 0. The van der Waals surface area contributed by atoms with Crippen LogP contribution >= 0.6 is 24.0 Å². The maximum Gasteiger partial charge on any atom is 0.243 e. The number of carbonyl (C=O) groups excluding carboxylic acids is 1. The van der Waals surface area contributed by atoms with Gasteiger partial charge in [0, 0.05) is 37.9 Å². The number of benzene rings is 1. The Balaban J connectivity index is 0.00000625. The molecule has 26 heavy (non-hydrogen) atoms. The molecule has 0 bridgehead atoms. The van der Waals surface area contributed by atoms with Gasteiger partial charge in [-0.2, -0.15) is 0 Å². The molecule has 0 fully saturated rings. The van der Waals surface area contributed by atoms with E-state index in [1.54, 1.807) is 7.05 Å². The molecule has 1 aromatic carbocycles. The smallest absolute Gasteiger partial charge is 0.243 e. The van der Waals surface area contributed by atoms with Gasteiger partial charge in [-0.3, -0.25) is 14.7 Å². The molecular formula is C18H31FIN5O. The van der Waals surface area contributed by atoms with Crippen molar-refractivity contribution in [2.75, 3.05) is 32.0 Å². The van der Waals surface area contributed by atoms with Gasteiger partial charge in [-0.05, 0) is 52.0 Å². The Kier molecular flexibility index (Phi) is 12.2. The molecule has 8 heteroatoms. The molecule has 0 aliphatic rings. The highest BCUT2D eigenvalue weighted by Gasteiger charge is 2.12. The van der Waals surface area contributed by atoms with Crippen LogP contribution < -0.4 is 16.0 Å². The molecular weight excluding hydrogens is 448 g/mol. The van der Waals surface area contributed by atoms with Crippen molar-refractivity contribution in [1.29, 1.82) is 0 Å². The van der Waals surface area contributed by atoms with Crippen LogP contribution in [0.1, 0.15) is 27.7 Å². The third kappa shape index (κ3) is 9.33. The van der Waals surface area contributed by atoms with Gasteiger partial charge < -0.3 is 16.0 Å². The van der Waals surface area contributed by atoms with E-state index in [0.29, 0.717) is 23.7 Å². The van der Waals surface area contributed by atoms with Crippen LogP contribution in [-0.2, 0) is 4.79 Å². The molecule has 0 aliphatic heterocycles. The molecule has 0 spiro atoms. The lowest BCUT2D eigenvalue weighted by molar-refractivity contribution is -0.115. The van der Waals surface area contributed by atoms with Gasteiger partial charge in [0.15, 0.2) is 5.96 Å². The predicted octanol–water partition coefficient (Wildman–Crippen LogP) is 2.67. The molecule has 0 aromatic heterocycles. The first-order chi connectivity index (χ1) is 11.8. The normalized spacial score (nSPS) is 11.5. The van der Waals surface area contributed by atoms with Crippen molar-refractivity contribution in [3.63, 3.8) is 0 Å². The van der Waals surface area contributed by atoms with E-state index in [1.165, 1.54) is 24.3 Å². The third-order valence-corrected chi connectivity index (χ3v) is 3.76. The molecule has 6 nitrogen and oxygen atoms in total. The lowest BCUT2D eigenvalue weighted by Crippen LogP contribution is -2.46. The number of hydrogen-bond donors (Lipinski definition) is 3. The summed E-state index contributed by atoms with van der Waals surface area (Å²) in [5, 5.41) is 8.86. The number of guanidine groups is 1. The van der Waals surface area contributed by atoms with Gasteiger partial charge in [0.1, 0.15) is 5.82 Å². The average molecular weight is 479 g/mol. The molecule has 0 saturated carbocycles. The summed E-state index contributed by atoms with van der Waals surface area (Å²) < 4.78 is 12.8. The lowest BCUT2D eigenvalue weighted by atomic mass is 10.2. The maximum absolute atomic E-state index is 12.8. The minimum atomic E-state index is -0.336. The highest BCUT2D eigenvalue weighted by molar-refractivity contribution is 14.0. The Morgan fingerprint density at radius 1 is 1.12 bits per heavy atom. The first-order valence-electron chi connectivity index (χ1n) is 8.59. The van der Waals surface area contributed by atoms with E-state index in [1.807, 2.05) is 0 Å². The highest BCUT2D eigenvalue weighted by Crippen LogP contribution is 2.07. The second-order valence-corrected chi connectivity index (χ2v) is 6.33. The van der Waals surface area contributed by atoms with Crippen LogP contribution in [0.5, 0.6) is 0 Å². The van der Waals surface area contributed by atoms with Crippen molar-refractivity contribution in [2.24, 2.45) is 4.99 Å². The Morgan fingerprint density at radius 2 is 1.69 bits per heavy atom. The zero-order valence-corrected chi connectivity index (χ0v) is 18.5. The summed E-state index contributed by atoms with van der Waals surface area (Å²) in [6, 6.07) is 6.59. The highest BCUT2D eigenvalue weighted by atomic mass is 127. The Labute approximate surface area is 173 Å². The van der Waals surface area contributed by atoms with Gasteiger partial charge in [0.25, 0.3) is 0 Å². The molecule has 0 saturated heterocycles. The van der Waals surface area contributed by atoms with Crippen LogP contribution in [-0.4, -0.2) is 55.5 Å². The van der Waals surface area contributed by atoms with Gasteiger partial charge in [-0.1, -0.05) is 0 Å². The zero-order chi connectivity index (χ0) is 18.8. The van der Waals surface area contributed by atoms with Gasteiger partial charge in [-0.15, -0.1) is 24.0 Å². The van der Waals surface area contributed by atoms with Crippen molar-refractivity contribution < 1.29 is 9.18 Å². The van der Waals surface area contributed by atoms with Crippen molar-refractivity contribution in [3.8, 4) is 0 Å². The van der Waals surface area contributed by atoms with Crippen LogP contribution in [0.4, 0.5) is 10.1 Å². The molecule has 3 N–H and O–H groups in total. The van der Waals surface area contributed by atoms with E-state index in [0.717, 1.165) is 13.1 Å². The van der Waals surface area contributed by atoms with Crippen LogP contribution in [0.25, 0.3) is 0 Å². The Hall–Kier alpha value is -1.42. The predicted molar refractivity (Wildman–Crippen MR) is 117 cm³/mol. The number of amides is 1. The Bertz CT molecular complexity index is 555. The molecule has 1 aromatic rings. The van der Waals surface area contributed by atoms with Crippen molar-refractivity contribution in [2.45, 2.75) is 39.8 Å². The first kappa shape index (κ1) is 24.6. The zero-order valence-electron chi connectivity index (χ0n) is 16.2. The number of aliphatic imine (C=N–C) groups is 1. The molecule has 0 unspecified atom stereocenters. The largest absolute Gasteiger partial charge is 0.355 e. The standard InChI is InChI=1S/C18H30FN5O.HI/c1-13(2)24(14(3)4)11-10-21-18(20-5)22-12-17(25)23-16-8-6-15(19)7-9-16;/h6-9,13-14H,10-12H2,1-5H3,(H,23,25)(H2,20,21,22);1H. The van der Waals surface area contributed by atoms with Crippen molar-refractivity contribution in [1.82, 2.24) is 15.5 Å². The van der Waals surface area contributed by atoms with Crippen LogP contribution in [0.3, 0.4) is 0 Å². The third-order valence-electron chi connectivity index (χ3n) is 3.76. The van der Waals surface area contributed by atoms with Crippen LogP contribution in [0.2, 0.25) is 0 Å². The summed E-state index contributed by atoms with van der Waals surface area (Å²) in [5.74, 6) is 0.0137. The number of anilines is 1. The first-order valence-corrected chi connectivity index (χ1v) is 8.59. The van der Waals surface area contributed by atoms with E-state index < -0.39 is 0 Å². The van der Waals surface area contributed by atoms with E-state index in [4.69, 9.17) is 0 Å². The maximum atomic E-state index is 12.8. The fraction of sp³-hybridized carbons (Fsp3) is 0.556. The summed E-state index contributed by atoms with van der Waals surface area (Å²) in [4.78, 5) is 18.4. The van der Waals surface area contributed by atoms with Crippen LogP contribution in [0.15, 0.2) is 29.3 Å². The minimum Gasteiger partial charge on any atom is -0.355 e. The second-order valence-electron chi connectivity index (χ2n) is 6.33. The fourth-order valence-electron chi connectivity index (χ4n) is 2.54. The minimum absolute atomic E-state index is 0. The molecule has 1 amide bonds. The topological polar surface area (TPSA) is 68.8 Å². The van der Waals surface area contributed by atoms with Gasteiger partial charge in [-0.25, -0.2) is 4.39 Å². The monoisotopic (exact) mass is 479 g/mol. The van der Waals surface area contributed by atoms with E-state index in [-0.39, 0.29) is 42.2 Å². The molecule has 0 aliphatic carbocycles. The number of halogens is 2.